The quantitative estimate of drug-likeness (QED) is 0.575. The summed E-state index contributed by atoms with van der Waals surface area (Å²) < 4.78 is 0. The minimum atomic E-state index is -0.758. The Morgan fingerprint density at radius 1 is 1.50 bits per heavy atom. The lowest BCUT2D eigenvalue weighted by Crippen LogP contribution is -2.43. The minimum Gasteiger partial charge on any atom is -0.368 e. The summed E-state index contributed by atoms with van der Waals surface area (Å²) in [6, 6.07) is 1.02. The van der Waals surface area contributed by atoms with Gasteiger partial charge in [-0.1, -0.05) is 0 Å². The number of primary amides is 1. The highest BCUT2D eigenvalue weighted by atomic mass is 16.2. The molecule has 0 aliphatic heterocycles. The van der Waals surface area contributed by atoms with Gasteiger partial charge in [-0.05, 0) is 13.8 Å². The van der Waals surface area contributed by atoms with Gasteiger partial charge in [0.05, 0.1) is 6.07 Å². The first-order valence-corrected chi connectivity index (χ1v) is 3.48. The van der Waals surface area contributed by atoms with E-state index in [1.807, 2.05) is 0 Å². The second-order valence-corrected chi connectivity index (χ2v) is 2.48. The van der Waals surface area contributed by atoms with Crippen molar-refractivity contribution in [1.82, 2.24) is 5.32 Å². The van der Waals surface area contributed by atoms with Crippen LogP contribution in [-0.4, -0.2) is 17.9 Å². The number of carbonyl (C=O) groups excluding carboxylic acids is 2. The van der Waals surface area contributed by atoms with Gasteiger partial charge in [0.25, 0.3) is 0 Å². The smallest absolute Gasteiger partial charge is 0.239 e. The molecule has 0 radical (unpaired) electrons. The number of nitrogens with zero attached hydrogens (tertiary/aromatic N) is 1. The molecule has 0 aromatic carbocycles. The molecule has 2 amide bonds. The number of nitrogens with one attached hydrogen (secondary N) is 1. The van der Waals surface area contributed by atoms with Crippen molar-refractivity contribution < 1.29 is 9.59 Å². The molecule has 0 bridgehead atoms. The highest BCUT2D eigenvalue weighted by Gasteiger charge is 2.16. The molecule has 0 spiro atoms. The number of nitrogens with two attached hydrogens (primary N) is 1. The fourth-order valence-electron chi connectivity index (χ4n) is 0.468. The lowest BCUT2D eigenvalue weighted by atomic mass is 10.2. The van der Waals surface area contributed by atoms with Crippen molar-refractivity contribution in [3.8, 4) is 6.07 Å². The van der Waals surface area contributed by atoms with E-state index < -0.39 is 23.8 Å². The molecular weight excluding hydrogens is 158 g/mol. The second kappa shape index (κ2) is 4.34. The van der Waals surface area contributed by atoms with Gasteiger partial charge < -0.3 is 11.1 Å². The summed E-state index contributed by atoms with van der Waals surface area (Å²) in [4.78, 5) is 21.4. The minimum absolute atomic E-state index is 0.483. The molecule has 0 saturated heterocycles. The van der Waals surface area contributed by atoms with Crippen LogP contribution in [-0.2, 0) is 9.59 Å². The van der Waals surface area contributed by atoms with Crippen LogP contribution >= 0.6 is 0 Å². The third-order valence-corrected chi connectivity index (χ3v) is 1.37. The molecule has 66 valence electrons. The van der Waals surface area contributed by atoms with Gasteiger partial charge in [0.1, 0.15) is 12.0 Å². The Hall–Kier alpha value is -1.57. The molecule has 5 nitrogen and oxygen atoms in total. The monoisotopic (exact) mass is 169 g/mol. The van der Waals surface area contributed by atoms with Crippen LogP contribution in [0.4, 0.5) is 0 Å². The molecule has 12 heavy (non-hydrogen) atoms. The van der Waals surface area contributed by atoms with E-state index >= 15 is 0 Å². The second-order valence-electron chi connectivity index (χ2n) is 2.48. The van der Waals surface area contributed by atoms with Crippen molar-refractivity contribution in [2.45, 2.75) is 19.9 Å². The van der Waals surface area contributed by atoms with E-state index in [0.717, 1.165) is 0 Å². The summed E-state index contributed by atoms with van der Waals surface area (Å²) in [7, 11) is 0. The van der Waals surface area contributed by atoms with Gasteiger partial charge in [-0.25, -0.2) is 0 Å². The van der Waals surface area contributed by atoms with E-state index in [4.69, 9.17) is 11.0 Å². The Kier molecular flexibility index (Phi) is 3.77. The van der Waals surface area contributed by atoms with Crippen molar-refractivity contribution in [3.63, 3.8) is 0 Å². The molecule has 3 N–H and O–H groups in total. The zero-order valence-electron chi connectivity index (χ0n) is 7.00. The first-order chi connectivity index (χ1) is 5.49. The summed E-state index contributed by atoms with van der Waals surface area (Å²) in [5.74, 6) is -1.86. The lowest BCUT2D eigenvalue weighted by Gasteiger charge is -2.10. The molecule has 5 heteroatoms. The Labute approximate surface area is 70.5 Å². The predicted molar refractivity (Wildman–Crippen MR) is 41.6 cm³/mol. The molecule has 0 fully saturated rings. The van der Waals surface area contributed by atoms with E-state index in [2.05, 4.69) is 5.32 Å². The van der Waals surface area contributed by atoms with Crippen molar-refractivity contribution in [2.75, 3.05) is 0 Å². The SMILES string of the molecule is CC(C#N)C(=O)N[C@H](C)C(N)=O. The first-order valence-electron chi connectivity index (χ1n) is 3.48. The molecule has 0 aromatic heterocycles. The van der Waals surface area contributed by atoms with Gasteiger partial charge in [-0.2, -0.15) is 5.26 Å². The first kappa shape index (κ1) is 10.4. The van der Waals surface area contributed by atoms with E-state index in [0.29, 0.717) is 0 Å². The predicted octanol–water partition coefficient (Wildman–Crippen LogP) is -0.864. The van der Waals surface area contributed by atoms with Crippen molar-refractivity contribution >= 4 is 11.8 Å². The molecule has 0 aliphatic carbocycles. The van der Waals surface area contributed by atoms with Crippen LogP contribution in [0.25, 0.3) is 0 Å². The van der Waals surface area contributed by atoms with Gasteiger partial charge >= 0.3 is 0 Å². The maximum atomic E-state index is 10.9. The number of amides is 2. The van der Waals surface area contributed by atoms with Gasteiger partial charge in [0.2, 0.25) is 11.8 Å². The molecule has 0 heterocycles. The third kappa shape index (κ3) is 3.01. The van der Waals surface area contributed by atoms with Crippen LogP contribution < -0.4 is 11.1 Å². The van der Waals surface area contributed by atoms with Crippen molar-refractivity contribution in [1.29, 1.82) is 5.26 Å². The van der Waals surface area contributed by atoms with Crippen LogP contribution in [0.2, 0.25) is 0 Å². The van der Waals surface area contributed by atoms with Crippen LogP contribution in [0.3, 0.4) is 0 Å². The Morgan fingerprint density at radius 3 is 2.33 bits per heavy atom. The fraction of sp³-hybridized carbons (Fsp3) is 0.571. The fourth-order valence-corrected chi connectivity index (χ4v) is 0.468. The molecule has 0 aliphatic rings. The molecule has 0 rings (SSSR count). The zero-order valence-corrected chi connectivity index (χ0v) is 7.00. The third-order valence-electron chi connectivity index (χ3n) is 1.37. The molecule has 1 unspecified atom stereocenters. The lowest BCUT2D eigenvalue weighted by molar-refractivity contribution is -0.128. The van der Waals surface area contributed by atoms with Crippen LogP contribution in [0.5, 0.6) is 0 Å². The number of carbonyl (C=O) groups is 2. The van der Waals surface area contributed by atoms with E-state index in [-0.39, 0.29) is 0 Å². The number of rotatable bonds is 3. The van der Waals surface area contributed by atoms with E-state index in [1.54, 1.807) is 6.07 Å². The summed E-state index contributed by atoms with van der Waals surface area (Å²) in [6.07, 6.45) is 0. The van der Waals surface area contributed by atoms with Crippen molar-refractivity contribution in [3.05, 3.63) is 0 Å². The normalized spacial score (nSPS) is 14.1. The Morgan fingerprint density at radius 2 is 2.00 bits per heavy atom. The highest BCUT2D eigenvalue weighted by molar-refractivity contribution is 5.88. The topological polar surface area (TPSA) is 96.0 Å². The zero-order chi connectivity index (χ0) is 9.72. The maximum Gasteiger partial charge on any atom is 0.239 e. The molecule has 2 atom stereocenters. The summed E-state index contributed by atoms with van der Waals surface area (Å²) in [5.41, 5.74) is 4.89. The van der Waals surface area contributed by atoms with Gasteiger partial charge in [0, 0.05) is 0 Å². The highest BCUT2D eigenvalue weighted by Crippen LogP contribution is 1.92. The van der Waals surface area contributed by atoms with E-state index in [1.165, 1.54) is 13.8 Å². The van der Waals surface area contributed by atoms with Crippen molar-refractivity contribution in [2.24, 2.45) is 11.7 Å². The van der Waals surface area contributed by atoms with Gasteiger partial charge in [0.15, 0.2) is 0 Å². The van der Waals surface area contributed by atoms with Crippen LogP contribution in [0, 0.1) is 17.2 Å². The molecule has 0 aromatic rings. The van der Waals surface area contributed by atoms with Gasteiger partial charge in [-0.15, -0.1) is 0 Å². The summed E-state index contributed by atoms with van der Waals surface area (Å²) in [6.45, 7) is 2.91. The summed E-state index contributed by atoms with van der Waals surface area (Å²) >= 11 is 0. The molecular formula is C7H11N3O2. The Balaban J connectivity index is 4.03. The standard InChI is InChI=1S/C7H11N3O2/c1-4(3-8)7(12)10-5(2)6(9)11/h4-5H,1-2H3,(H2,9,11)(H,10,12)/t4?,5-/m1/s1. The number of nitriles is 1. The molecule has 0 saturated carbocycles. The maximum absolute atomic E-state index is 10.9. The summed E-state index contributed by atoms with van der Waals surface area (Å²) in [5, 5.41) is 10.6. The average Bonchev–Trinajstić information content (AvgIpc) is 2.02. The number of hydrogen-bond donors (Lipinski definition) is 2. The number of hydrogen-bond acceptors (Lipinski definition) is 3. The van der Waals surface area contributed by atoms with Gasteiger partial charge in [-0.3, -0.25) is 9.59 Å². The van der Waals surface area contributed by atoms with E-state index in [9.17, 15) is 9.59 Å². The van der Waals surface area contributed by atoms with Crippen LogP contribution in [0.15, 0.2) is 0 Å². The largest absolute Gasteiger partial charge is 0.368 e. The Bertz CT molecular complexity index is 231. The average molecular weight is 169 g/mol. The van der Waals surface area contributed by atoms with Crippen LogP contribution in [0.1, 0.15) is 13.8 Å².